The molecule has 0 aliphatic carbocycles. The molecule has 0 saturated carbocycles. The van der Waals surface area contributed by atoms with Crippen LogP contribution in [0.4, 0.5) is 0 Å². The van der Waals surface area contributed by atoms with E-state index in [0.717, 1.165) is 13.2 Å². The van der Waals surface area contributed by atoms with E-state index in [-0.39, 0.29) is 0 Å². The highest BCUT2D eigenvalue weighted by Crippen LogP contribution is 2.38. The van der Waals surface area contributed by atoms with E-state index < -0.39 is 0 Å². The molecule has 18 heavy (non-hydrogen) atoms. The normalized spacial score (nSPS) is 25.2. The smallest absolute Gasteiger partial charge is 0.173 e. The molecule has 2 aliphatic rings. The predicted molar refractivity (Wildman–Crippen MR) is 82.8 cm³/mol. The minimum absolute atomic E-state index is 0.291. The number of hydrogen-bond acceptors (Lipinski definition) is 6. The summed E-state index contributed by atoms with van der Waals surface area (Å²) in [7, 11) is 7.86. The van der Waals surface area contributed by atoms with E-state index >= 15 is 0 Å². The van der Waals surface area contributed by atoms with E-state index in [0.29, 0.717) is 5.50 Å². The summed E-state index contributed by atoms with van der Waals surface area (Å²) in [6.07, 6.45) is 3.99. The van der Waals surface area contributed by atoms with E-state index in [1.807, 2.05) is 21.6 Å². The van der Waals surface area contributed by atoms with Crippen LogP contribution in [0.2, 0.25) is 0 Å². The fourth-order valence-electron chi connectivity index (χ4n) is 2.13. The first kappa shape index (κ1) is 14.5. The summed E-state index contributed by atoms with van der Waals surface area (Å²) >= 11 is 0. The number of amidine groups is 1. The third-order valence-corrected chi connectivity index (χ3v) is 5.84. The Kier molecular flexibility index (Phi) is 5.66. The summed E-state index contributed by atoms with van der Waals surface area (Å²) in [5.41, 5.74) is 0.291. The third kappa shape index (κ3) is 3.79. The molecule has 2 rings (SSSR count). The Balaban J connectivity index is 1.77. The highest BCUT2D eigenvalue weighted by atomic mass is 33.1. The SMILES string of the molecule is CCCCCN1CCN(C2=NC(N(C)C)SS2)C1. The first-order valence-electron chi connectivity index (χ1n) is 6.75. The van der Waals surface area contributed by atoms with Crippen molar-refractivity contribution in [3.8, 4) is 0 Å². The Morgan fingerprint density at radius 1 is 1.33 bits per heavy atom. The van der Waals surface area contributed by atoms with Crippen LogP contribution in [0, 0.1) is 0 Å². The van der Waals surface area contributed by atoms with Crippen LogP contribution < -0.4 is 0 Å². The van der Waals surface area contributed by atoms with Gasteiger partial charge in [0.05, 0.1) is 6.67 Å². The molecule has 0 aromatic heterocycles. The average Bonchev–Trinajstić information content (AvgIpc) is 2.97. The zero-order valence-corrected chi connectivity index (χ0v) is 13.3. The molecule has 0 amide bonds. The molecule has 0 bridgehead atoms. The molecule has 0 N–H and O–H groups in total. The van der Waals surface area contributed by atoms with Crippen LogP contribution in [-0.4, -0.2) is 65.8 Å². The molecule has 4 nitrogen and oxygen atoms in total. The van der Waals surface area contributed by atoms with Crippen LogP contribution in [0.25, 0.3) is 0 Å². The van der Waals surface area contributed by atoms with Crippen molar-refractivity contribution in [3.63, 3.8) is 0 Å². The van der Waals surface area contributed by atoms with Crippen molar-refractivity contribution in [2.75, 3.05) is 40.4 Å². The van der Waals surface area contributed by atoms with Gasteiger partial charge in [0.15, 0.2) is 10.7 Å². The highest BCUT2D eigenvalue weighted by Gasteiger charge is 2.29. The molecule has 2 heterocycles. The minimum Gasteiger partial charge on any atom is -0.336 e. The fraction of sp³-hybridized carbons (Fsp3) is 0.917. The average molecular weight is 288 g/mol. The van der Waals surface area contributed by atoms with Crippen LogP contribution in [0.15, 0.2) is 4.99 Å². The second-order valence-corrected chi connectivity index (χ2v) is 7.33. The lowest BCUT2D eigenvalue weighted by Gasteiger charge is -2.18. The van der Waals surface area contributed by atoms with Gasteiger partial charge in [-0.15, -0.1) is 0 Å². The van der Waals surface area contributed by atoms with Crippen molar-refractivity contribution in [1.82, 2.24) is 14.7 Å². The van der Waals surface area contributed by atoms with Crippen molar-refractivity contribution >= 4 is 26.8 Å². The van der Waals surface area contributed by atoms with Gasteiger partial charge >= 0.3 is 0 Å². The number of aliphatic imine (C=N–C) groups is 1. The minimum atomic E-state index is 0.291. The number of hydrogen-bond donors (Lipinski definition) is 0. The Bertz CT molecular complexity index is 296. The van der Waals surface area contributed by atoms with Crippen molar-refractivity contribution in [2.45, 2.75) is 31.7 Å². The summed E-state index contributed by atoms with van der Waals surface area (Å²) in [6, 6.07) is 0. The van der Waals surface area contributed by atoms with Crippen LogP contribution in [0.3, 0.4) is 0 Å². The standard InChI is InChI=1S/C12H24N4S2/c1-4-5-6-7-15-8-9-16(10-15)12-13-11(14(2)3)17-18-12/h11H,4-10H2,1-3H3. The molecule has 0 spiro atoms. The maximum Gasteiger partial charge on any atom is 0.173 e. The first-order chi connectivity index (χ1) is 8.70. The van der Waals surface area contributed by atoms with E-state index in [1.165, 1.54) is 37.5 Å². The maximum absolute atomic E-state index is 4.77. The van der Waals surface area contributed by atoms with Gasteiger partial charge in [-0.05, 0) is 48.6 Å². The van der Waals surface area contributed by atoms with Crippen molar-refractivity contribution in [2.24, 2.45) is 4.99 Å². The Morgan fingerprint density at radius 2 is 2.17 bits per heavy atom. The van der Waals surface area contributed by atoms with Gasteiger partial charge in [-0.2, -0.15) is 0 Å². The second-order valence-electron chi connectivity index (χ2n) is 5.11. The van der Waals surface area contributed by atoms with Gasteiger partial charge in [0, 0.05) is 13.1 Å². The molecular formula is C12H24N4S2. The molecule has 1 atom stereocenters. The monoisotopic (exact) mass is 288 g/mol. The van der Waals surface area contributed by atoms with Crippen molar-refractivity contribution in [1.29, 1.82) is 0 Å². The van der Waals surface area contributed by atoms with Crippen molar-refractivity contribution < 1.29 is 0 Å². The van der Waals surface area contributed by atoms with Gasteiger partial charge in [0.25, 0.3) is 0 Å². The van der Waals surface area contributed by atoms with E-state index in [4.69, 9.17) is 4.99 Å². The maximum atomic E-state index is 4.77. The fourth-order valence-corrected chi connectivity index (χ4v) is 4.69. The summed E-state index contributed by atoms with van der Waals surface area (Å²) in [5.74, 6) is 0. The topological polar surface area (TPSA) is 22.1 Å². The Hall–Kier alpha value is 0.0900. The van der Waals surface area contributed by atoms with Gasteiger partial charge in [0.1, 0.15) is 0 Å². The Morgan fingerprint density at radius 3 is 2.83 bits per heavy atom. The van der Waals surface area contributed by atoms with Crippen molar-refractivity contribution in [3.05, 3.63) is 0 Å². The van der Waals surface area contributed by atoms with Gasteiger partial charge in [0.2, 0.25) is 0 Å². The first-order valence-corrected chi connectivity index (χ1v) is 8.97. The number of rotatable bonds is 5. The molecule has 2 aliphatic heterocycles. The highest BCUT2D eigenvalue weighted by molar-refractivity contribution is 8.82. The number of unbranched alkanes of at least 4 members (excludes halogenated alkanes) is 2. The molecule has 104 valence electrons. The van der Waals surface area contributed by atoms with Gasteiger partial charge in [-0.25, -0.2) is 4.99 Å². The van der Waals surface area contributed by atoms with Gasteiger partial charge < -0.3 is 4.90 Å². The second kappa shape index (κ2) is 7.03. The molecule has 1 saturated heterocycles. The largest absolute Gasteiger partial charge is 0.336 e. The van der Waals surface area contributed by atoms with Crippen LogP contribution in [0.5, 0.6) is 0 Å². The molecule has 0 radical (unpaired) electrons. The molecule has 1 fully saturated rings. The lowest BCUT2D eigenvalue weighted by atomic mass is 10.2. The molecule has 6 heteroatoms. The summed E-state index contributed by atoms with van der Waals surface area (Å²) in [5, 5.41) is 1.22. The Labute approximate surface area is 119 Å². The lowest BCUT2D eigenvalue weighted by Crippen LogP contribution is -2.29. The quantitative estimate of drug-likeness (QED) is 0.570. The zero-order valence-electron chi connectivity index (χ0n) is 11.6. The van der Waals surface area contributed by atoms with Crippen LogP contribution in [0.1, 0.15) is 26.2 Å². The predicted octanol–water partition coefficient (Wildman–Crippen LogP) is 2.35. The summed E-state index contributed by atoms with van der Waals surface area (Å²) < 4.78 is 0. The third-order valence-electron chi connectivity index (χ3n) is 3.28. The van der Waals surface area contributed by atoms with Gasteiger partial charge in [-0.3, -0.25) is 9.80 Å². The number of nitrogens with zero attached hydrogens (tertiary/aromatic N) is 4. The molecule has 0 aromatic rings. The summed E-state index contributed by atoms with van der Waals surface area (Å²) in [4.78, 5) is 11.9. The molecule has 1 unspecified atom stereocenters. The summed E-state index contributed by atoms with van der Waals surface area (Å²) in [6.45, 7) is 6.90. The zero-order chi connectivity index (χ0) is 13.0. The molecular weight excluding hydrogens is 264 g/mol. The van der Waals surface area contributed by atoms with E-state index in [1.54, 1.807) is 0 Å². The lowest BCUT2D eigenvalue weighted by molar-refractivity contribution is 0.295. The van der Waals surface area contributed by atoms with E-state index in [2.05, 4.69) is 35.7 Å². The molecule has 0 aromatic carbocycles. The van der Waals surface area contributed by atoms with Crippen LogP contribution in [-0.2, 0) is 0 Å². The van der Waals surface area contributed by atoms with Crippen LogP contribution >= 0.6 is 21.6 Å². The van der Waals surface area contributed by atoms with Gasteiger partial charge in [-0.1, -0.05) is 19.8 Å². The van der Waals surface area contributed by atoms with E-state index in [9.17, 15) is 0 Å².